The van der Waals surface area contributed by atoms with E-state index in [0.29, 0.717) is 23.6 Å². The highest BCUT2D eigenvalue weighted by Gasteiger charge is 2.32. The van der Waals surface area contributed by atoms with Gasteiger partial charge in [-0.25, -0.2) is 24.0 Å². The van der Waals surface area contributed by atoms with Gasteiger partial charge in [-0.3, -0.25) is 4.79 Å². The summed E-state index contributed by atoms with van der Waals surface area (Å²) in [5, 5.41) is 5.72. The van der Waals surface area contributed by atoms with Gasteiger partial charge in [0, 0.05) is 31.6 Å². The van der Waals surface area contributed by atoms with Crippen LogP contribution in [0.15, 0.2) is 61.7 Å². The van der Waals surface area contributed by atoms with Gasteiger partial charge in [0.25, 0.3) is 0 Å². The second-order valence-corrected chi connectivity index (χ2v) is 9.97. The van der Waals surface area contributed by atoms with E-state index in [1.165, 1.54) is 17.3 Å². The van der Waals surface area contributed by atoms with Crippen molar-refractivity contribution in [3.8, 4) is 22.8 Å². The Hall–Kier alpha value is -4.60. The second-order valence-electron chi connectivity index (χ2n) is 9.97. The lowest BCUT2D eigenvalue weighted by Crippen LogP contribution is -2.45. The molecule has 1 fully saturated rings. The van der Waals surface area contributed by atoms with E-state index >= 15 is 0 Å². The van der Waals surface area contributed by atoms with E-state index in [0.717, 1.165) is 39.0 Å². The lowest BCUT2D eigenvalue weighted by atomic mass is 10.0. The maximum Gasteiger partial charge on any atom is 0.246 e. The number of hydrogen-bond donors (Lipinski definition) is 0. The predicted molar refractivity (Wildman–Crippen MR) is 146 cm³/mol. The summed E-state index contributed by atoms with van der Waals surface area (Å²) < 4.78 is 24.6. The molecule has 5 aromatic rings. The summed E-state index contributed by atoms with van der Waals surface area (Å²) >= 11 is 0. The van der Waals surface area contributed by atoms with E-state index in [1.807, 2.05) is 61.9 Å². The van der Waals surface area contributed by atoms with Crippen molar-refractivity contribution in [2.75, 3.05) is 13.1 Å². The highest BCUT2D eigenvalue weighted by molar-refractivity contribution is 5.93. The van der Waals surface area contributed by atoms with Crippen molar-refractivity contribution in [3.05, 3.63) is 73.0 Å². The molecule has 0 radical (unpaired) electrons. The van der Waals surface area contributed by atoms with Crippen LogP contribution in [0.5, 0.6) is 11.5 Å². The topological polar surface area (TPSA) is 91.0 Å². The van der Waals surface area contributed by atoms with Crippen molar-refractivity contribution in [3.63, 3.8) is 0 Å². The maximum absolute atomic E-state index is 14.7. The van der Waals surface area contributed by atoms with Crippen molar-refractivity contribution in [1.82, 2.24) is 34.2 Å². The zero-order valence-corrected chi connectivity index (χ0v) is 22.0. The molecule has 0 aliphatic carbocycles. The molecule has 2 atom stereocenters. The van der Waals surface area contributed by atoms with Crippen molar-refractivity contribution >= 4 is 28.0 Å². The molecular formula is C29H28FN7O2. The summed E-state index contributed by atoms with van der Waals surface area (Å²) in [6, 6.07) is 11.3. The van der Waals surface area contributed by atoms with Crippen LogP contribution in [0, 0.1) is 13.8 Å². The zero-order chi connectivity index (χ0) is 27.3. The van der Waals surface area contributed by atoms with E-state index in [1.54, 1.807) is 11.0 Å². The van der Waals surface area contributed by atoms with Gasteiger partial charge in [-0.15, -0.1) is 0 Å². The number of hydrogen-bond acceptors (Lipinski definition) is 6. The number of amides is 1. The molecule has 6 rings (SSSR count). The number of rotatable bonds is 5. The number of fused-ring (bicyclic) bond motifs is 2. The molecule has 0 N–H and O–H groups in total. The Morgan fingerprint density at radius 3 is 2.77 bits per heavy atom. The number of likely N-dealkylation sites (tertiary alicyclic amines) is 1. The summed E-state index contributed by atoms with van der Waals surface area (Å²) in [4.78, 5) is 27.1. The Morgan fingerprint density at radius 2 is 1.97 bits per heavy atom. The summed E-state index contributed by atoms with van der Waals surface area (Å²) in [6.07, 6.45) is 3.56. The number of aromatic nitrogens is 6. The highest BCUT2D eigenvalue weighted by atomic mass is 19.1. The van der Waals surface area contributed by atoms with Gasteiger partial charge in [-0.05, 0) is 55.8 Å². The van der Waals surface area contributed by atoms with Gasteiger partial charge < -0.3 is 14.2 Å². The lowest BCUT2D eigenvalue weighted by Gasteiger charge is -2.34. The number of halogens is 1. The van der Waals surface area contributed by atoms with Crippen LogP contribution >= 0.6 is 0 Å². The van der Waals surface area contributed by atoms with Crippen LogP contribution < -0.4 is 4.74 Å². The molecule has 3 aromatic heterocycles. The summed E-state index contributed by atoms with van der Waals surface area (Å²) in [6.45, 7) is 7.82. The van der Waals surface area contributed by atoms with Crippen molar-refractivity contribution in [2.24, 2.45) is 7.05 Å². The second kappa shape index (κ2) is 9.61. The van der Waals surface area contributed by atoms with Gasteiger partial charge in [0.2, 0.25) is 5.91 Å². The average Bonchev–Trinajstić information content (AvgIpc) is 3.50. The van der Waals surface area contributed by atoms with Crippen LogP contribution in [-0.2, 0) is 11.8 Å². The third kappa shape index (κ3) is 4.41. The number of piperidine rings is 1. The minimum absolute atomic E-state index is 0.0509. The Labute approximate surface area is 224 Å². The Bertz CT molecular complexity index is 1740. The van der Waals surface area contributed by atoms with Gasteiger partial charge in [-0.1, -0.05) is 6.58 Å². The Balaban J connectivity index is 1.36. The Morgan fingerprint density at radius 1 is 1.13 bits per heavy atom. The number of carbonyl (C=O) groups excluding carboxylic acids is 1. The summed E-state index contributed by atoms with van der Waals surface area (Å²) in [5.74, 6) is 1.13. The molecule has 9 nitrogen and oxygen atoms in total. The van der Waals surface area contributed by atoms with Gasteiger partial charge in [-0.2, -0.15) is 5.10 Å². The first kappa shape index (κ1) is 24.7. The van der Waals surface area contributed by atoms with Gasteiger partial charge in [0.15, 0.2) is 5.65 Å². The van der Waals surface area contributed by atoms with Crippen LogP contribution in [-0.4, -0.2) is 59.4 Å². The van der Waals surface area contributed by atoms with Crippen molar-refractivity contribution < 1.29 is 13.9 Å². The molecule has 10 heteroatoms. The number of imidazole rings is 1. The van der Waals surface area contributed by atoms with Gasteiger partial charge in [0.1, 0.15) is 29.7 Å². The number of nitrogens with zero attached hydrogens (tertiary/aromatic N) is 7. The van der Waals surface area contributed by atoms with Crippen molar-refractivity contribution in [2.45, 2.75) is 32.5 Å². The first-order valence-corrected chi connectivity index (χ1v) is 12.8. The van der Waals surface area contributed by atoms with Crippen LogP contribution in [0.2, 0.25) is 0 Å². The first-order chi connectivity index (χ1) is 18.8. The smallest absolute Gasteiger partial charge is 0.246 e. The highest BCUT2D eigenvalue weighted by Crippen LogP contribution is 2.36. The molecule has 1 amide bonds. The Kier molecular flexibility index (Phi) is 6.09. The molecule has 39 heavy (non-hydrogen) atoms. The molecule has 1 saturated heterocycles. The number of ether oxygens (including phenoxy) is 1. The molecule has 0 spiro atoms. The third-order valence-corrected chi connectivity index (χ3v) is 7.26. The molecular weight excluding hydrogens is 497 g/mol. The van der Waals surface area contributed by atoms with E-state index in [-0.39, 0.29) is 24.9 Å². The van der Waals surface area contributed by atoms with Crippen LogP contribution in [0.3, 0.4) is 0 Å². The number of aryl methyl sites for hydroxylation is 3. The molecule has 1 aliphatic heterocycles. The van der Waals surface area contributed by atoms with E-state index in [2.05, 4.69) is 21.5 Å². The SMILES string of the molecule is C=CC(=O)N1C[C@H](F)C[C@@H](n2nc(-c3ccc(Oc4ccc5c(c4)ncn5C)c(C)c3)c3c(C)ncnc32)C1. The standard InChI is InChI=1S/C29H28FN7O2/c1-5-26(38)36-13-20(30)11-21(14-36)37-29-27(18(3)31-15-32-29)28(34-37)19-6-9-25(17(2)10-19)39-22-7-8-24-23(12-22)33-16-35(24)4/h5-10,12,15-16,20-21H,1,11,13-14H2,2-4H3/t20-,21-/m1/s1. The van der Waals surface area contributed by atoms with Crippen LogP contribution in [0.1, 0.15) is 23.7 Å². The minimum atomic E-state index is -1.16. The zero-order valence-electron chi connectivity index (χ0n) is 22.0. The molecule has 4 heterocycles. The maximum atomic E-state index is 14.7. The summed E-state index contributed by atoms with van der Waals surface area (Å²) in [7, 11) is 1.96. The fourth-order valence-corrected chi connectivity index (χ4v) is 5.29. The minimum Gasteiger partial charge on any atom is -0.457 e. The fourth-order valence-electron chi connectivity index (χ4n) is 5.29. The number of benzene rings is 2. The summed E-state index contributed by atoms with van der Waals surface area (Å²) in [5.41, 5.74) is 5.78. The monoisotopic (exact) mass is 525 g/mol. The quantitative estimate of drug-likeness (QED) is 0.297. The van der Waals surface area contributed by atoms with Crippen molar-refractivity contribution in [1.29, 1.82) is 0 Å². The third-order valence-electron chi connectivity index (χ3n) is 7.26. The fraction of sp³-hybridized carbons (Fsp3) is 0.276. The average molecular weight is 526 g/mol. The van der Waals surface area contributed by atoms with Crippen LogP contribution in [0.25, 0.3) is 33.3 Å². The first-order valence-electron chi connectivity index (χ1n) is 12.8. The van der Waals surface area contributed by atoms with E-state index in [9.17, 15) is 9.18 Å². The van der Waals surface area contributed by atoms with Gasteiger partial charge >= 0.3 is 0 Å². The van der Waals surface area contributed by atoms with Crippen LogP contribution in [0.4, 0.5) is 4.39 Å². The van der Waals surface area contributed by atoms with E-state index < -0.39 is 6.17 Å². The number of carbonyl (C=O) groups is 1. The number of alkyl halides is 1. The molecule has 198 valence electrons. The predicted octanol–water partition coefficient (Wildman–Crippen LogP) is 5.09. The lowest BCUT2D eigenvalue weighted by molar-refractivity contribution is -0.129. The molecule has 1 aliphatic rings. The normalized spacial score (nSPS) is 17.6. The largest absolute Gasteiger partial charge is 0.457 e. The van der Waals surface area contributed by atoms with E-state index in [4.69, 9.17) is 9.84 Å². The molecule has 0 unspecified atom stereocenters. The van der Waals surface area contributed by atoms with Gasteiger partial charge in [0.05, 0.1) is 41.0 Å². The molecule has 0 bridgehead atoms. The molecule has 0 saturated carbocycles. The molecule has 2 aromatic carbocycles.